The molecule has 2 fully saturated rings. The highest BCUT2D eigenvalue weighted by atomic mass is 32.2. The van der Waals surface area contributed by atoms with Crippen LogP contribution in [0.3, 0.4) is 0 Å². The number of thioether (sulfide) groups is 1. The van der Waals surface area contributed by atoms with Crippen LogP contribution in [0.2, 0.25) is 0 Å². The van der Waals surface area contributed by atoms with Gasteiger partial charge < -0.3 is 5.73 Å². The molecule has 1 saturated heterocycles. The van der Waals surface area contributed by atoms with Gasteiger partial charge in [-0.3, -0.25) is 4.90 Å². The van der Waals surface area contributed by atoms with Crippen LogP contribution in [-0.4, -0.2) is 54.6 Å². The van der Waals surface area contributed by atoms with Crippen molar-refractivity contribution >= 4 is 21.6 Å². The molecule has 1 atom stereocenters. The van der Waals surface area contributed by atoms with E-state index in [-0.39, 0.29) is 16.7 Å². The van der Waals surface area contributed by atoms with Crippen molar-refractivity contribution in [3.63, 3.8) is 0 Å². The third-order valence-electron chi connectivity index (χ3n) is 5.10. The monoisotopic (exact) mass is 320 g/mol. The highest BCUT2D eigenvalue weighted by Crippen LogP contribution is 2.39. The number of sulfone groups is 1. The smallest absolute Gasteiger partial charge is 0.166 e. The van der Waals surface area contributed by atoms with Gasteiger partial charge >= 0.3 is 0 Å². The highest BCUT2D eigenvalue weighted by Gasteiger charge is 2.46. The summed E-state index contributed by atoms with van der Waals surface area (Å²) in [7, 11) is -3.03. The Morgan fingerprint density at radius 3 is 2.55 bits per heavy atom. The average molecular weight is 321 g/mol. The maximum absolute atomic E-state index is 12.4. The minimum absolute atomic E-state index is 0.0829. The van der Waals surface area contributed by atoms with Gasteiger partial charge in [-0.2, -0.15) is 11.8 Å². The van der Waals surface area contributed by atoms with Gasteiger partial charge in [-0.25, -0.2) is 8.42 Å². The number of rotatable bonds is 4. The van der Waals surface area contributed by atoms with Crippen molar-refractivity contribution in [1.82, 2.24) is 4.90 Å². The van der Waals surface area contributed by atoms with E-state index in [0.717, 1.165) is 31.1 Å². The van der Waals surface area contributed by atoms with Crippen LogP contribution < -0.4 is 5.73 Å². The molecule has 1 saturated carbocycles. The first-order chi connectivity index (χ1) is 9.45. The Labute approximate surface area is 127 Å². The van der Waals surface area contributed by atoms with Gasteiger partial charge in [0.05, 0.1) is 0 Å². The van der Waals surface area contributed by atoms with Crippen molar-refractivity contribution in [2.75, 3.05) is 30.3 Å². The maximum Gasteiger partial charge on any atom is 0.166 e. The third-order valence-corrected chi connectivity index (χ3v) is 8.38. The van der Waals surface area contributed by atoms with Crippen LogP contribution in [0.4, 0.5) is 0 Å². The summed E-state index contributed by atoms with van der Waals surface area (Å²) in [6.07, 6.45) is 4.43. The van der Waals surface area contributed by atoms with Crippen LogP contribution in [0, 0.1) is 5.92 Å². The second-order valence-corrected chi connectivity index (χ2v) is 9.88. The van der Waals surface area contributed by atoms with Crippen molar-refractivity contribution < 1.29 is 8.42 Å². The van der Waals surface area contributed by atoms with E-state index in [1.807, 2.05) is 0 Å². The van der Waals surface area contributed by atoms with Crippen molar-refractivity contribution in [1.29, 1.82) is 0 Å². The average Bonchev–Trinajstić information content (AvgIpc) is 2.48. The molecule has 1 aliphatic carbocycles. The summed E-state index contributed by atoms with van der Waals surface area (Å²) in [5.74, 6) is 2.70. The minimum atomic E-state index is -3.03. The molecule has 1 unspecified atom stereocenters. The maximum atomic E-state index is 12.4. The Morgan fingerprint density at radius 1 is 1.35 bits per heavy atom. The van der Waals surface area contributed by atoms with Gasteiger partial charge in [0.25, 0.3) is 0 Å². The van der Waals surface area contributed by atoms with Gasteiger partial charge in [-0.1, -0.05) is 13.8 Å². The Balaban J connectivity index is 2.26. The molecule has 6 heteroatoms. The van der Waals surface area contributed by atoms with Gasteiger partial charge in [0.15, 0.2) is 9.84 Å². The topological polar surface area (TPSA) is 63.4 Å². The predicted molar refractivity (Wildman–Crippen MR) is 86.7 cm³/mol. The summed E-state index contributed by atoms with van der Waals surface area (Å²) in [5.41, 5.74) is 6.04. The van der Waals surface area contributed by atoms with E-state index in [2.05, 4.69) is 11.8 Å². The molecule has 20 heavy (non-hydrogen) atoms. The second-order valence-electron chi connectivity index (χ2n) is 6.29. The first kappa shape index (κ1) is 16.6. The van der Waals surface area contributed by atoms with E-state index < -0.39 is 9.84 Å². The fourth-order valence-electron chi connectivity index (χ4n) is 3.52. The molecule has 0 bridgehead atoms. The molecule has 0 aromatic rings. The number of nitrogens with two attached hydrogens (primary N) is 1. The molecule has 1 heterocycles. The van der Waals surface area contributed by atoms with Crippen LogP contribution in [0.5, 0.6) is 0 Å². The first-order valence-electron chi connectivity index (χ1n) is 7.71. The Morgan fingerprint density at radius 2 is 2.00 bits per heavy atom. The van der Waals surface area contributed by atoms with E-state index in [1.54, 1.807) is 18.7 Å². The molecular formula is C14H28N2O2S2. The van der Waals surface area contributed by atoms with Crippen LogP contribution in [0.1, 0.15) is 39.5 Å². The summed E-state index contributed by atoms with van der Waals surface area (Å²) in [6, 6.07) is 0. The fourth-order valence-corrected chi connectivity index (χ4v) is 6.62. The Hall–Kier alpha value is 0.220. The quantitative estimate of drug-likeness (QED) is 0.854. The first-order valence-corrected chi connectivity index (χ1v) is 10.6. The van der Waals surface area contributed by atoms with E-state index in [4.69, 9.17) is 5.73 Å². The minimum Gasteiger partial charge on any atom is -0.329 e. The Kier molecular flexibility index (Phi) is 5.43. The molecule has 2 aliphatic rings. The van der Waals surface area contributed by atoms with Crippen molar-refractivity contribution in [3.05, 3.63) is 0 Å². The summed E-state index contributed by atoms with van der Waals surface area (Å²) in [5, 5.41) is -0.330. The second kappa shape index (κ2) is 6.55. The van der Waals surface area contributed by atoms with E-state index in [9.17, 15) is 8.42 Å². The molecule has 2 rings (SSSR count). The largest absolute Gasteiger partial charge is 0.329 e. The molecule has 0 spiro atoms. The van der Waals surface area contributed by atoms with Crippen molar-refractivity contribution in [3.8, 4) is 0 Å². The number of hydrogen-bond donors (Lipinski definition) is 1. The number of nitrogens with zero attached hydrogens (tertiary/aromatic N) is 1. The highest BCUT2D eigenvalue weighted by molar-refractivity contribution is 8.01. The fraction of sp³-hybridized carbons (Fsp3) is 1.00. The van der Waals surface area contributed by atoms with Crippen molar-refractivity contribution in [2.24, 2.45) is 11.7 Å². The third kappa shape index (κ3) is 3.18. The summed E-state index contributed by atoms with van der Waals surface area (Å²) >= 11 is 1.76. The van der Waals surface area contributed by atoms with Crippen LogP contribution in [0.25, 0.3) is 0 Å². The predicted octanol–water partition coefficient (Wildman–Crippen LogP) is 1.70. The Bertz CT molecular complexity index is 417. The zero-order valence-electron chi connectivity index (χ0n) is 12.7. The lowest BCUT2D eigenvalue weighted by atomic mass is 9.76. The molecule has 4 nitrogen and oxygen atoms in total. The van der Waals surface area contributed by atoms with Gasteiger partial charge in [-0.05, 0) is 31.6 Å². The zero-order chi connectivity index (χ0) is 14.8. The van der Waals surface area contributed by atoms with E-state index in [0.29, 0.717) is 12.3 Å². The molecule has 2 N–H and O–H groups in total. The normalized spacial score (nSPS) is 37.0. The summed E-state index contributed by atoms with van der Waals surface area (Å²) in [4.78, 5) is 2.26. The molecule has 1 aliphatic heterocycles. The number of hydrogen-bond acceptors (Lipinski definition) is 5. The van der Waals surface area contributed by atoms with E-state index in [1.165, 1.54) is 12.8 Å². The van der Waals surface area contributed by atoms with Gasteiger partial charge in [0.1, 0.15) is 5.37 Å². The molecule has 0 radical (unpaired) electrons. The van der Waals surface area contributed by atoms with Crippen molar-refractivity contribution in [2.45, 2.75) is 50.4 Å². The SMILES string of the molecule is CCS(=O)(=O)C1CSCCN1C1(CN)CCC(C)CC1. The molecule has 0 aromatic carbocycles. The molecule has 0 aromatic heterocycles. The van der Waals surface area contributed by atoms with Crippen LogP contribution in [0.15, 0.2) is 0 Å². The summed E-state index contributed by atoms with van der Waals surface area (Å²) in [6.45, 7) is 5.48. The molecule has 118 valence electrons. The van der Waals surface area contributed by atoms with Gasteiger partial charge in [0, 0.05) is 35.9 Å². The lowest BCUT2D eigenvalue weighted by Crippen LogP contribution is -2.63. The molecular weight excluding hydrogens is 292 g/mol. The molecule has 0 amide bonds. The lowest BCUT2D eigenvalue weighted by Gasteiger charge is -2.51. The van der Waals surface area contributed by atoms with Gasteiger partial charge in [-0.15, -0.1) is 0 Å². The standard InChI is InChI=1S/C14H28N2O2S2/c1-3-20(17,18)13-10-19-9-8-16(13)14(11-15)6-4-12(2)5-7-14/h12-13H,3-11,15H2,1-2H3. The zero-order valence-corrected chi connectivity index (χ0v) is 14.3. The van der Waals surface area contributed by atoms with Crippen LogP contribution >= 0.6 is 11.8 Å². The lowest BCUT2D eigenvalue weighted by molar-refractivity contribution is 0.0411. The van der Waals surface area contributed by atoms with Gasteiger partial charge in [0.2, 0.25) is 0 Å². The van der Waals surface area contributed by atoms with E-state index >= 15 is 0 Å². The summed E-state index contributed by atoms with van der Waals surface area (Å²) < 4.78 is 24.9. The van der Waals surface area contributed by atoms with Crippen LogP contribution in [-0.2, 0) is 9.84 Å².